The number of hydrogen-bond acceptors (Lipinski definition) is 9. The van der Waals surface area contributed by atoms with E-state index in [-0.39, 0.29) is 66.8 Å². The van der Waals surface area contributed by atoms with Crippen molar-refractivity contribution in [2.45, 2.75) is 69.5 Å². The minimum atomic E-state index is -1.40. The Hall–Kier alpha value is -6.09. The number of phenolic OH excluding ortho intramolecular Hbond substituents is 1. The molecule has 4 fully saturated rings. The van der Waals surface area contributed by atoms with Crippen molar-refractivity contribution in [3.8, 4) is 5.75 Å². The van der Waals surface area contributed by atoms with E-state index >= 15 is 8.78 Å². The van der Waals surface area contributed by atoms with Crippen molar-refractivity contribution in [1.82, 2.24) is 24.6 Å². The lowest BCUT2D eigenvalue weighted by molar-refractivity contribution is -0.120. The van der Waals surface area contributed by atoms with Gasteiger partial charge in [0.1, 0.15) is 17.2 Å². The largest absolute Gasteiger partial charge is 0.507 e. The summed E-state index contributed by atoms with van der Waals surface area (Å²) in [4.78, 5) is 45.0. The number of imide groups is 1. The monoisotopic (exact) mass is 835 g/mol. The molecule has 1 unspecified atom stereocenters. The number of rotatable bonds is 9. The zero-order valence-electron chi connectivity index (χ0n) is 34.6. The number of nitrogens with two attached hydrogens (primary N) is 3. The number of carbonyl (C=O) groups excluding carboxylic acids is 3. The van der Waals surface area contributed by atoms with Crippen LogP contribution in [-0.2, 0) is 4.79 Å². The van der Waals surface area contributed by atoms with Gasteiger partial charge in [-0.05, 0) is 86.2 Å². The van der Waals surface area contributed by atoms with Crippen molar-refractivity contribution in [3.05, 3.63) is 113 Å². The fourth-order valence-corrected chi connectivity index (χ4v) is 9.67. The molecule has 5 heterocycles. The Balaban J connectivity index is 0.833. The van der Waals surface area contributed by atoms with Crippen molar-refractivity contribution in [2.75, 3.05) is 57.3 Å². The van der Waals surface area contributed by atoms with E-state index < -0.39 is 17.5 Å². The zero-order chi connectivity index (χ0) is 43.0. The van der Waals surface area contributed by atoms with Crippen LogP contribution in [0.4, 0.5) is 19.3 Å². The summed E-state index contributed by atoms with van der Waals surface area (Å²) in [6, 6.07) is 17.5. The second-order valence-electron chi connectivity index (χ2n) is 17.1. The van der Waals surface area contributed by atoms with Crippen LogP contribution in [0, 0.1) is 12.7 Å². The molecule has 0 bridgehead atoms. The maximum atomic E-state index is 16.4. The lowest BCUT2D eigenvalue weighted by Gasteiger charge is -2.41. The summed E-state index contributed by atoms with van der Waals surface area (Å²) in [6.45, 7) is 5.78. The molecule has 0 spiro atoms. The van der Waals surface area contributed by atoms with Crippen LogP contribution in [0.2, 0.25) is 0 Å². The van der Waals surface area contributed by atoms with Crippen LogP contribution >= 0.6 is 0 Å². The molecular formula is C46H55F2N9O4. The van der Waals surface area contributed by atoms with Crippen molar-refractivity contribution < 1.29 is 28.3 Å². The van der Waals surface area contributed by atoms with Gasteiger partial charge in [0.25, 0.3) is 5.91 Å². The topological polar surface area (TPSA) is 179 Å². The summed E-state index contributed by atoms with van der Waals surface area (Å²) >= 11 is 0. The number of phenols is 1. The number of piperidine rings is 3. The number of anilines is 1. The maximum Gasteiger partial charge on any atom is 0.328 e. The molecular weight excluding hydrogens is 781 g/mol. The minimum Gasteiger partial charge on any atom is -0.507 e. The van der Waals surface area contributed by atoms with E-state index in [4.69, 9.17) is 17.2 Å². The number of benzene rings is 3. The maximum absolute atomic E-state index is 16.4. The van der Waals surface area contributed by atoms with Crippen LogP contribution < -0.4 is 27.4 Å². The van der Waals surface area contributed by atoms with E-state index in [0.29, 0.717) is 67.2 Å². The second-order valence-corrected chi connectivity index (χ2v) is 17.1. The van der Waals surface area contributed by atoms with Gasteiger partial charge in [-0.3, -0.25) is 19.8 Å². The molecule has 8 N–H and O–H groups in total. The predicted octanol–water partition coefficient (Wildman–Crippen LogP) is 5.79. The number of carbonyl (C=O) groups is 3. The number of hydrogen-bond donors (Lipinski definition) is 5. The standard InChI is InChI=1S/C46H55F2N9O4/c1-29-26-57(36-12-13-37(42(47)41(29)36)56-22-16-40(59)52-45(56)61)33-14-20-53(21-15-33)28-46(48)17-23-54(24-18-46)44(60)31-10-8-30(9-11-31)32-5-4-19-55(27-32)38(43(50)51)25-35(49)34-6-2-3-7-39(34)58/h2-3,6-13,25-26,32-33,58H,4-5,14-24,27-28,49-51H2,1H3,(H,52,59,61)/b35-25-. The molecule has 4 aliphatic heterocycles. The van der Waals surface area contributed by atoms with E-state index in [9.17, 15) is 19.5 Å². The summed E-state index contributed by atoms with van der Waals surface area (Å²) in [6.07, 6.45) is 7.74. The zero-order valence-corrected chi connectivity index (χ0v) is 34.6. The van der Waals surface area contributed by atoms with Gasteiger partial charge in [0.2, 0.25) is 5.91 Å². The van der Waals surface area contributed by atoms with Gasteiger partial charge < -0.3 is 41.6 Å². The number of amides is 4. The number of aromatic nitrogens is 1. The van der Waals surface area contributed by atoms with Gasteiger partial charge in [-0.2, -0.15) is 0 Å². The molecule has 61 heavy (non-hydrogen) atoms. The normalized spacial score (nSPS) is 20.5. The SMILES string of the molecule is Cc1cn(C2CCN(CC3(F)CCN(C(=O)c4ccc(C5CCCN(C(/C=C(\N)c6ccccc6O)=C(N)N)C5)cc4)CC3)CC2)c2ccc(N3CCC(=O)NC3=O)c(F)c12. The quantitative estimate of drug-likeness (QED) is 0.131. The fourth-order valence-electron chi connectivity index (χ4n) is 9.67. The lowest BCUT2D eigenvalue weighted by Crippen LogP contribution is -2.51. The highest BCUT2D eigenvalue weighted by Gasteiger charge is 2.39. The molecule has 15 heteroatoms. The highest BCUT2D eigenvalue weighted by Crippen LogP contribution is 2.37. The van der Waals surface area contributed by atoms with Gasteiger partial charge in [0.15, 0.2) is 5.82 Å². The molecule has 13 nitrogen and oxygen atoms in total. The number of aryl methyl sites for hydroxylation is 1. The molecule has 3 aromatic carbocycles. The molecule has 4 amide bonds. The molecule has 4 saturated heterocycles. The van der Waals surface area contributed by atoms with E-state index in [0.717, 1.165) is 48.9 Å². The number of urea groups is 1. The Morgan fingerprint density at radius 3 is 2.33 bits per heavy atom. The van der Waals surface area contributed by atoms with Gasteiger partial charge in [-0.15, -0.1) is 0 Å². The van der Waals surface area contributed by atoms with Crippen molar-refractivity contribution >= 4 is 40.1 Å². The molecule has 1 aromatic heterocycles. The lowest BCUT2D eigenvalue weighted by atomic mass is 9.89. The summed E-state index contributed by atoms with van der Waals surface area (Å²) in [5.74, 6) is -0.560. The van der Waals surface area contributed by atoms with Crippen LogP contribution in [0.15, 0.2) is 84.5 Å². The number of aromatic hydroxyl groups is 1. The van der Waals surface area contributed by atoms with Crippen LogP contribution in [0.25, 0.3) is 16.6 Å². The average molecular weight is 836 g/mol. The second kappa shape index (κ2) is 17.1. The van der Waals surface area contributed by atoms with E-state index in [1.807, 2.05) is 43.5 Å². The number of halogens is 2. The molecule has 0 saturated carbocycles. The van der Waals surface area contributed by atoms with Crippen LogP contribution in [0.1, 0.15) is 84.0 Å². The fraction of sp³-hybridized carbons (Fsp3) is 0.413. The van der Waals surface area contributed by atoms with Gasteiger partial charge in [-0.1, -0.05) is 24.3 Å². The molecule has 4 aliphatic rings. The Bertz CT molecular complexity index is 2380. The summed E-state index contributed by atoms with van der Waals surface area (Å²) < 4.78 is 34.4. The van der Waals surface area contributed by atoms with Crippen molar-refractivity contribution in [2.24, 2.45) is 17.2 Å². The number of fused-ring (bicyclic) bond motifs is 1. The Labute approximate surface area is 354 Å². The van der Waals surface area contributed by atoms with E-state index in [2.05, 4.69) is 19.7 Å². The third-order valence-corrected chi connectivity index (χ3v) is 13.0. The smallest absolute Gasteiger partial charge is 0.328 e. The van der Waals surface area contributed by atoms with Gasteiger partial charge in [0.05, 0.1) is 16.9 Å². The Kier molecular flexibility index (Phi) is 11.7. The molecule has 1 atom stereocenters. The Morgan fingerprint density at radius 1 is 0.918 bits per heavy atom. The third kappa shape index (κ3) is 8.61. The number of para-hydroxylation sites is 1. The van der Waals surface area contributed by atoms with Gasteiger partial charge in [0, 0.05) is 112 Å². The van der Waals surface area contributed by atoms with Crippen molar-refractivity contribution in [3.63, 3.8) is 0 Å². The van der Waals surface area contributed by atoms with Crippen molar-refractivity contribution in [1.29, 1.82) is 0 Å². The number of allylic oxidation sites excluding steroid dienone is 1. The average Bonchev–Trinajstić information content (AvgIpc) is 3.60. The molecule has 322 valence electrons. The summed E-state index contributed by atoms with van der Waals surface area (Å²) in [5, 5.41) is 13.0. The predicted molar refractivity (Wildman–Crippen MR) is 231 cm³/mol. The first-order valence-electron chi connectivity index (χ1n) is 21.3. The summed E-state index contributed by atoms with van der Waals surface area (Å²) in [7, 11) is 0. The first kappa shape index (κ1) is 41.6. The molecule has 0 radical (unpaired) electrons. The Morgan fingerprint density at radius 2 is 1.64 bits per heavy atom. The van der Waals surface area contributed by atoms with Gasteiger partial charge >= 0.3 is 6.03 Å². The third-order valence-electron chi connectivity index (χ3n) is 13.0. The van der Waals surface area contributed by atoms with Gasteiger partial charge in [-0.25, -0.2) is 13.6 Å². The highest BCUT2D eigenvalue weighted by molar-refractivity contribution is 6.06. The number of nitrogens with one attached hydrogen (secondary N) is 1. The molecule has 4 aromatic rings. The van der Waals surface area contributed by atoms with Crippen LogP contribution in [-0.4, -0.2) is 100 Å². The van der Waals surface area contributed by atoms with E-state index in [1.54, 1.807) is 41.3 Å². The number of nitrogens with zero attached hydrogens (tertiary/aromatic N) is 5. The minimum absolute atomic E-state index is 0.0725. The summed E-state index contributed by atoms with van der Waals surface area (Å²) in [5.41, 5.74) is 22.0. The molecule has 0 aliphatic carbocycles. The first-order valence-corrected chi connectivity index (χ1v) is 21.3. The molecule has 8 rings (SSSR count). The number of alkyl halides is 1. The first-order chi connectivity index (χ1) is 29.3. The van der Waals surface area contributed by atoms with Crippen LogP contribution in [0.5, 0.6) is 5.75 Å². The van der Waals surface area contributed by atoms with Crippen LogP contribution in [0.3, 0.4) is 0 Å². The number of likely N-dealkylation sites (tertiary alicyclic amines) is 3. The van der Waals surface area contributed by atoms with E-state index in [1.165, 1.54) is 4.90 Å². The highest BCUT2D eigenvalue weighted by atomic mass is 19.1.